The van der Waals surface area contributed by atoms with E-state index in [1.54, 1.807) is 11.8 Å². The van der Waals surface area contributed by atoms with E-state index in [1.807, 2.05) is 0 Å². The molecule has 0 rings (SSSR count). The van der Waals surface area contributed by atoms with E-state index < -0.39 is 11.9 Å². The van der Waals surface area contributed by atoms with Crippen LogP contribution in [0.4, 0.5) is 0 Å². The van der Waals surface area contributed by atoms with Gasteiger partial charge in [-0.2, -0.15) is 11.8 Å². The minimum atomic E-state index is -0.987. The summed E-state index contributed by atoms with van der Waals surface area (Å²) in [4.78, 5) is 22.3. The maximum Gasteiger partial charge on any atom is 0.317 e. The first-order valence-electron chi connectivity index (χ1n) is 4.80. The fourth-order valence-electron chi connectivity index (χ4n) is 1.13. The van der Waals surface area contributed by atoms with E-state index in [0.29, 0.717) is 6.54 Å². The van der Waals surface area contributed by atoms with Gasteiger partial charge in [-0.15, -0.1) is 0 Å². The van der Waals surface area contributed by atoms with Gasteiger partial charge in [0.15, 0.2) is 0 Å². The van der Waals surface area contributed by atoms with Crippen molar-refractivity contribution >= 4 is 23.7 Å². The summed E-state index contributed by atoms with van der Waals surface area (Å²) in [7, 11) is 0. The van der Waals surface area contributed by atoms with Crippen molar-refractivity contribution in [2.75, 3.05) is 31.1 Å². The van der Waals surface area contributed by atoms with Crippen molar-refractivity contribution in [3.63, 3.8) is 0 Å². The summed E-state index contributed by atoms with van der Waals surface area (Å²) in [6.45, 7) is 2.16. The number of carboxylic acid groups (broad SMARTS) is 2. The molecule has 0 aliphatic heterocycles. The summed E-state index contributed by atoms with van der Waals surface area (Å²) in [5.74, 6) is -0.0109. The molecule has 2 N–H and O–H groups in total. The molecule has 0 amide bonds. The Kier molecular flexibility index (Phi) is 8.12. The normalized spacial score (nSPS) is 10.5. The van der Waals surface area contributed by atoms with Crippen LogP contribution in [0.25, 0.3) is 0 Å². The molecule has 0 aromatic heterocycles. The van der Waals surface area contributed by atoms with Crippen LogP contribution in [0.2, 0.25) is 0 Å². The molecule has 0 fully saturated rings. The van der Waals surface area contributed by atoms with Crippen LogP contribution in [0.5, 0.6) is 0 Å². The highest BCUT2D eigenvalue weighted by molar-refractivity contribution is 7.99. The summed E-state index contributed by atoms with van der Waals surface area (Å²) in [5.41, 5.74) is 0. The van der Waals surface area contributed by atoms with Crippen molar-refractivity contribution in [1.82, 2.24) is 4.90 Å². The molecule has 6 heteroatoms. The van der Waals surface area contributed by atoms with E-state index in [4.69, 9.17) is 10.2 Å². The van der Waals surface area contributed by atoms with E-state index in [-0.39, 0.29) is 13.1 Å². The fraction of sp³-hybridized carbons (Fsp3) is 0.778. The third-order valence-corrected chi connectivity index (χ3v) is 2.67. The second kappa shape index (κ2) is 8.55. The number of thioether (sulfide) groups is 1. The molecule has 0 radical (unpaired) electrons. The molecule has 0 aromatic rings. The van der Waals surface area contributed by atoms with Crippen molar-refractivity contribution in [3.05, 3.63) is 0 Å². The maximum absolute atomic E-state index is 10.4. The molecule has 0 unspecified atom stereocenters. The first kappa shape index (κ1) is 14.2. The van der Waals surface area contributed by atoms with Crippen LogP contribution in [0.3, 0.4) is 0 Å². The van der Waals surface area contributed by atoms with Gasteiger partial charge >= 0.3 is 11.9 Å². The lowest BCUT2D eigenvalue weighted by molar-refractivity contribution is -0.141. The molecule has 0 bridgehead atoms. The van der Waals surface area contributed by atoms with Crippen LogP contribution >= 0.6 is 11.8 Å². The van der Waals surface area contributed by atoms with Gasteiger partial charge in [0.05, 0.1) is 13.1 Å². The van der Waals surface area contributed by atoms with Crippen molar-refractivity contribution in [3.8, 4) is 0 Å². The molecule has 0 saturated carbocycles. The van der Waals surface area contributed by atoms with Crippen LogP contribution in [0, 0.1) is 0 Å². The largest absolute Gasteiger partial charge is 0.480 e. The number of nitrogens with zero attached hydrogens (tertiary/aromatic N) is 1. The lowest BCUT2D eigenvalue weighted by Gasteiger charge is -2.17. The van der Waals surface area contributed by atoms with E-state index >= 15 is 0 Å². The highest BCUT2D eigenvalue weighted by atomic mass is 32.2. The predicted octanol–water partition coefficient (Wildman–Crippen LogP) is 0.601. The molecule has 0 atom stereocenters. The number of hydrogen-bond donors (Lipinski definition) is 2. The third-order valence-electron chi connectivity index (χ3n) is 1.68. The van der Waals surface area contributed by atoms with Crippen LogP contribution in [0.15, 0.2) is 0 Å². The Morgan fingerprint density at radius 3 is 2.13 bits per heavy atom. The Labute approximate surface area is 93.5 Å². The quantitative estimate of drug-likeness (QED) is 0.570. The number of carbonyl (C=O) groups is 2. The topological polar surface area (TPSA) is 77.8 Å². The molecule has 15 heavy (non-hydrogen) atoms. The first-order chi connectivity index (χ1) is 7.06. The molecule has 88 valence electrons. The molecule has 0 saturated heterocycles. The lowest BCUT2D eigenvalue weighted by Crippen LogP contribution is -2.35. The highest BCUT2D eigenvalue weighted by Crippen LogP contribution is 2.02. The zero-order chi connectivity index (χ0) is 11.7. The Balaban J connectivity index is 3.79. The van der Waals surface area contributed by atoms with Crippen molar-refractivity contribution < 1.29 is 19.8 Å². The molecular weight excluding hydrogens is 218 g/mol. The van der Waals surface area contributed by atoms with Gasteiger partial charge in [0.2, 0.25) is 0 Å². The minimum Gasteiger partial charge on any atom is -0.480 e. The van der Waals surface area contributed by atoms with E-state index in [2.05, 4.69) is 6.92 Å². The first-order valence-corrected chi connectivity index (χ1v) is 5.95. The smallest absolute Gasteiger partial charge is 0.317 e. The van der Waals surface area contributed by atoms with E-state index in [9.17, 15) is 9.59 Å². The molecular formula is C9H17NO4S. The van der Waals surface area contributed by atoms with Crippen LogP contribution in [0.1, 0.15) is 13.3 Å². The summed E-state index contributed by atoms with van der Waals surface area (Å²) < 4.78 is 0. The number of rotatable bonds is 9. The summed E-state index contributed by atoms with van der Waals surface area (Å²) in [5, 5.41) is 17.1. The Morgan fingerprint density at radius 1 is 1.20 bits per heavy atom. The predicted molar refractivity (Wildman–Crippen MR) is 59.3 cm³/mol. The zero-order valence-corrected chi connectivity index (χ0v) is 9.63. The van der Waals surface area contributed by atoms with Gasteiger partial charge in [-0.1, -0.05) is 6.92 Å². The molecule has 0 aromatic carbocycles. The summed E-state index contributed by atoms with van der Waals surface area (Å²) in [6.07, 6.45) is 0.819. The van der Waals surface area contributed by atoms with Gasteiger partial charge in [0.25, 0.3) is 0 Å². The zero-order valence-electron chi connectivity index (χ0n) is 8.81. The molecule has 0 aliphatic rings. The van der Waals surface area contributed by atoms with Gasteiger partial charge in [0, 0.05) is 6.54 Å². The van der Waals surface area contributed by atoms with E-state index in [1.165, 1.54) is 4.90 Å². The average molecular weight is 235 g/mol. The van der Waals surface area contributed by atoms with Gasteiger partial charge in [-0.25, -0.2) is 0 Å². The Bertz CT molecular complexity index is 194. The van der Waals surface area contributed by atoms with Crippen molar-refractivity contribution in [2.24, 2.45) is 0 Å². The Morgan fingerprint density at radius 2 is 1.73 bits per heavy atom. The Hall–Kier alpha value is -0.750. The SMILES string of the molecule is CCSCCCN(CC(=O)O)CC(=O)O. The van der Waals surface area contributed by atoms with Gasteiger partial charge in [-0.05, 0) is 17.9 Å². The molecule has 5 nitrogen and oxygen atoms in total. The molecule has 0 heterocycles. The monoisotopic (exact) mass is 235 g/mol. The van der Waals surface area contributed by atoms with E-state index in [0.717, 1.165) is 17.9 Å². The van der Waals surface area contributed by atoms with Crippen molar-refractivity contribution in [2.45, 2.75) is 13.3 Å². The second-order valence-corrected chi connectivity index (χ2v) is 4.44. The van der Waals surface area contributed by atoms with Gasteiger partial charge in [-0.3, -0.25) is 14.5 Å². The van der Waals surface area contributed by atoms with Gasteiger partial charge < -0.3 is 10.2 Å². The average Bonchev–Trinajstić information content (AvgIpc) is 2.10. The number of carboxylic acids is 2. The molecule has 0 aliphatic carbocycles. The fourth-order valence-corrected chi connectivity index (χ4v) is 1.75. The number of hydrogen-bond acceptors (Lipinski definition) is 4. The third kappa shape index (κ3) is 9.55. The lowest BCUT2D eigenvalue weighted by atomic mass is 10.4. The molecule has 0 spiro atoms. The van der Waals surface area contributed by atoms with Crippen LogP contribution < -0.4 is 0 Å². The summed E-state index contributed by atoms with van der Waals surface area (Å²) >= 11 is 1.77. The highest BCUT2D eigenvalue weighted by Gasteiger charge is 2.12. The van der Waals surface area contributed by atoms with Crippen LogP contribution in [-0.2, 0) is 9.59 Å². The maximum atomic E-state index is 10.4. The summed E-state index contributed by atoms with van der Waals surface area (Å²) in [6, 6.07) is 0. The second-order valence-electron chi connectivity index (χ2n) is 3.05. The standard InChI is InChI=1S/C9H17NO4S/c1-2-15-5-3-4-10(6-8(11)12)7-9(13)14/h2-7H2,1H3,(H,11,12)(H,13,14). The minimum absolute atomic E-state index is 0.205. The van der Waals surface area contributed by atoms with Gasteiger partial charge in [0.1, 0.15) is 0 Å². The number of aliphatic carboxylic acids is 2. The van der Waals surface area contributed by atoms with Crippen LogP contribution in [-0.4, -0.2) is 58.2 Å². The van der Waals surface area contributed by atoms with Crippen molar-refractivity contribution in [1.29, 1.82) is 0 Å².